The maximum atomic E-state index is 14.2. The minimum Gasteiger partial charge on any atom is -0.282 e. The molecule has 0 saturated carbocycles. The predicted octanol–water partition coefficient (Wildman–Crippen LogP) is 2.06. The zero-order valence-corrected chi connectivity index (χ0v) is 16.8. The standard InChI is InChI=1S/C17H19FN6O5S/c1-17(2)22(20)16(19)21(10-11-5-3-4-6-13(11)18)23(17)14-8-7-12(30(27,28)29)9-15(14)24(25)26/h3-9,19H,10,20H2,1-2H3,(H,27,28,29). The van der Waals surface area contributed by atoms with Crippen LogP contribution < -0.4 is 10.9 Å². The summed E-state index contributed by atoms with van der Waals surface area (Å²) in [5, 5.41) is 23.6. The number of halogens is 1. The largest absolute Gasteiger partial charge is 0.295 e. The highest BCUT2D eigenvalue weighted by Gasteiger charge is 2.49. The van der Waals surface area contributed by atoms with Gasteiger partial charge in [0.15, 0.2) is 0 Å². The van der Waals surface area contributed by atoms with Crippen LogP contribution >= 0.6 is 0 Å². The van der Waals surface area contributed by atoms with Crippen molar-refractivity contribution < 1.29 is 22.3 Å². The summed E-state index contributed by atoms with van der Waals surface area (Å²) >= 11 is 0. The zero-order valence-electron chi connectivity index (χ0n) is 16.0. The summed E-state index contributed by atoms with van der Waals surface area (Å²) < 4.78 is 46.3. The summed E-state index contributed by atoms with van der Waals surface area (Å²) in [5.74, 6) is 5.23. The number of nitrogens with one attached hydrogen (secondary N) is 1. The number of guanidine groups is 1. The van der Waals surface area contributed by atoms with E-state index in [2.05, 4.69) is 0 Å². The van der Waals surface area contributed by atoms with Crippen molar-refractivity contribution in [3.63, 3.8) is 0 Å². The number of hydrazine groups is 2. The van der Waals surface area contributed by atoms with E-state index in [1.54, 1.807) is 19.9 Å². The van der Waals surface area contributed by atoms with E-state index in [1.165, 1.54) is 28.2 Å². The highest BCUT2D eigenvalue weighted by atomic mass is 32.2. The van der Waals surface area contributed by atoms with Gasteiger partial charge in [0.05, 0.1) is 11.5 Å². The number of hydrogen-bond donors (Lipinski definition) is 3. The van der Waals surface area contributed by atoms with Gasteiger partial charge in [-0.15, -0.1) is 0 Å². The monoisotopic (exact) mass is 438 g/mol. The molecule has 160 valence electrons. The van der Waals surface area contributed by atoms with E-state index in [9.17, 15) is 27.5 Å². The second-order valence-corrected chi connectivity index (χ2v) is 8.45. The summed E-state index contributed by atoms with van der Waals surface area (Å²) in [7, 11) is -4.68. The molecular weight excluding hydrogens is 419 g/mol. The second kappa shape index (κ2) is 7.19. The van der Waals surface area contributed by atoms with Crippen molar-refractivity contribution in [3.05, 3.63) is 64.0 Å². The number of nitrogens with two attached hydrogens (primary N) is 1. The van der Waals surface area contributed by atoms with Gasteiger partial charge in [-0.3, -0.25) is 25.1 Å². The molecule has 1 saturated heterocycles. The molecule has 0 unspecified atom stereocenters. The molecule has 2 aromatic rings. The van der Waals surface area contributed by atoms with Crippen molar-refractivity contribution in [2.75, 3.05) is 5.01 Å². The molecule has 0 spiro atoms. The Bertz CT molecular complexity index is 1140. The molecule has 1 heterocycles. The van der Waals surface area contributed by atoms with Gasteiger partial charge in [0.25, 0.3) is 15.8 Å². The summed E-state index contributed by atoms with van der Waals surface area (Å²) in [5.41, 5.74) is -1.71. The molecule has 0 amide bonds. The van der Waals surface area contributed by atoms with E-state index in [-0.39, 0.29) is 23.8 Å². The van der Waals surface area contributed by atoms with Gasteiger partial charge in [-0.1, -0.05) is 18.2 Å². The molecule has 13 heteroatoms. The predicted molar refractivity (Wildman–Crippen MR) is 105 cm³/mol. The minimum atomic E-state index is -4.68. The molecule has 1 aliphatic rings. The molecule has 1 fully saturated rings. The molecule has 4 N–H and O–H groups in total. The van der Waals surface area contributed by atoms with Crippen molar-refractivity contribution >= 4 is 27.5 Å². The number of nitro groups is 1. The fraction of sp³-hybridized carbons (Fsp3) is 0.235. The average Bonchev–Trinajstić information content (AvgIpc) is 2.82. The number of benzene rings is 2. The van der Waals surface area contributed by atoms with Gasteiger partial charge in [-0.05, 0) is 32.0 Å². The number of nitro benzene ring substituents is 1. The van der Waals surface area contributed by atoms with E-state index in [0.29, 0.717) is 6.07 Å². The first kappa shape index (κ1) is 21.4. The first-order valence-corrected chi connectivity index (χ1v) is 10.00. The van der Waals surface area contributed by atoms with Crippen LogP contribution in [0.15, 0.2) is 47.4 Å². The third-order valence-corrected chi connectivity index (χ3v) is 5.62. The van der Waals surface area contributed by atoms with Gasteiger partial charge < -0.3 is 0 Å². The average molecular weight is 438 g/mol. The Morgan fingerprint density at radius 3 is 2.47 bits per heavy atom. The van der Waals surface area contributed by atoms with E-state index in [0.717, 1.165) is 17.1 Å². The maximum Gasteiger partial charge on any atom is 0.295 e. The van der Waals surface area contributed by atoms with E-state index >= 15 is 0 Å². The molecule has 0 aliphatic carbocycles. The van der Waals surface area contributed by atoms with Crippen LogP contribution in [0.1, 0.15) is 19.4 Å². The highest BCUT2D eigenvalue weighted by Crippen LogP contribution is 2.40. The Kier molecular flexibility index (Phi) is 5.14. The zero-order chi connectivity index (χ0) is 22.4. The first-order chi connectivity index (χ1) is 13.9. The molecule has 30 heavy (non-hydrogen) atoms. The first-order valence-electron chi connectivity index (χ1n) is 8.56. The van der Waals surface area contributed by atoms with Crippen LogP contribution in [0.3, 0.4) is 0 Å². The van der Waals surface area contributed by atoms with Crippen molar-refractivity contribution in [2.24, 2.45) is 5.84 Å². The van der Waals surface area contributed by atoms with E-state index < -0.39 is 37.1 Å². The molecule has 0 aromatic heterocycles. The molecule has 1 aliphatic heterocycles. The molecule has 0 bridgehead atoms. The van der Waals surface area contributed by atoms with Gasteiger partial charge in [0, 0.05) is 11.6 Å². The van der Waals surface area contributed by atoms with Crippen molar-refractivity contribution in [3.8, 4) is 0 Å². The Balaban J connectivity index is 2.18. The number of rotatable bonds is 5. The second-order valence-electron chi connectivity index (χ2n) is 7.03. The van der Waals surface area contributed by atoms with Gasteiger partial charge in [-0.25, -0.2) is 20.3 Å². The van der Waals surface area contributed by atoms with Crippen LogP contribution in [0.4, 0.5) is 15.8 Å². The number of nitrogens with zero attached hydrogens (tertiary/aromatic N) is 4. The van der Waals surface area contributed by atoms with Crippen molar-refractivity contribution in [1.82, 2.24) is 10.0 Å². The Morgan fingerprint density at radius 2 is 1.90 bits per heavy atom. The lowest BCUT2D eigenvalue weighted by Crippen LogP contribution is -2.53. The van der Waals surface area contributed by atoms with Crippen LogP contribution in [0.25, 0.3) is 0 Å². The SMILES string of the molecule is CC1(C)N(N)C(=N)N(Cc2ccccc2F)N1c1ccc(S(=O)(=O)O)cc1[N+](=O)[O-]. The van der Waals surface area contributed by atoms with Crippen LogP contribution in [-0.4, -0.2) is 39.5 Å². The van der Waals surface area contributed by atoms with Crippen LogP contribution in [-0.2, 0) is 16.7 Å². The smallest absolute Gasteiger partial charge is 0.282 e. The minimum absolute atomic E-state index is 0.0913. The summed E-state index contributed by atoms with van der Waals surface area (Å²) in [6, 6.07) is 8.70. The molecular formula is C17H19FN6O5S. The highest BCUT2D eigenvalue weighted by molar-refractivity contribution is 7.85. The molecule has 0 radical (unpaired) electrons. The van der Waals surface area contributed by atoms with Crippen LogP contribution in [0, 0.1) is 21.3 Å². The summed E-state index contributed by atoms with van der Waals surface area (Å²) in [6.45, 7) is 3.01. The Morgan fingerprint density at radius 1 is 1.27 bits per heavy atom. The van der Waals surface area contributed by atoms with Gasteiger partial charge >= 0.3 is 0 Å². The fourth-order valence-corrected chi connectivity index (χ4v) is 3.72. The third kappa shape index (κ3) is 3.53. The molecule has 0 atom stereocenters. The van der Waals surface area contributed by atoms with Crippen molar-refractivity contribution in [2.45, 2.75) is 31.0 Å². The van der Waals surface area contributed by atoms with Gasteiger partial charge in [0.1, 0.15) is 22.1 Å². The molecule has 11 nitrogen and oxygen atoms in total. The number of anilines is 1. The van der Waals surface area contributed by atoms with E-state index in [4.69, 9.17) is 11.3 Å². The van der Waals surface area contributed by atoms with Crippen molar-refractivity contribution in [1.29, 1.82) is 5.41 Å². The maximum absolute atomic E-state index is 14.2. The number of hydrogen-bond acceptors (Lipinski definition) is 7. The third-order valence-electron chi connectivity index (χ3n) is 4.77. The summed E-state index contributed by atoms with van der Waals surface area (Å²) in [6.07, 6.45) is 0. The fourth-order valence-electron chi connectivity index (χ4n) is 3.22. The van der Waals surface area contributed by atoms with Crippen LogP contribution in [0.2, 0.25) is 0 Å². The molecule has 3 rings (SSSR count). The Hall–Kier alpha value is -3.29. The van der Waals surface area contributed by atoms with E-state index in [1.807, 2.05) is 0 Å². The quantitative estimate of drug-likeness (QED) is 0.275. The lowest BCUT2D eigenvalue weighted by atomic mass is 10.1. The van der Waals surface area contributed by atoms with Gasteiger partial charge in [-0.2, -0.15) is 8.42 Å². The lowest BCUT2D eigenvalue weighted by Gasteiger charge is -2.38. The molecule has 2 aromatic carbocycles. The van der Waals surface area contributed by atoms with Gasteiger partial charge in [0.2, 0.25) is 5.96 Å². The Labute approximate surface area is 171 Å². The topological polar surface area (TPSA) is 157 Å². The normalized spacial score (nSPS) is 16.3. The van der Waals surface area contributed by atoms with Crippen LogP contribution in [0.5, 0.6) is 0 Å². The lowest BCUT2D eigenvalue weighted by molar-refractivity contribution is -0.384. The summed E-state index contributed by atoms with van der Waals surface area (Å²) in [4.78, 5) is 10.2.